The minimum absolute atomic E-state index is 0.00219. The number of benzene rings is 1. The molecule has 1 aliphatic heterocycles. The van der Waals surface area contributed by atoms with Crippen LogP contribution in [-0.4, -0.2) is 29.8 Å². The predicted octanol–water partition coefficient (Wildman–Crippen LogP) is 2.48. The average molecular weight is 278 g/mol. The van der Waals surface area contributed by atoms with Gasteiger partial charge in [-0.2, -0.15) is 0 Å². The monoisotopic (exact) mass is 278 g/mol. The van der Waals surface area contributed by atoms with Crippen LogP contribution in [0.3, 0.4) is 0 Å². The molecule has 0 spiro atoms. The highest BCUT2D eigenvalue weighted by atomic mass is 19.1. The van der Waals surface area contributed by atoms with Crippen LogP contribution in [0.4, 0.5) is 10.1 Å². The molecule has 0 atom stereocenters. The molecule has 2 amide bonds. The summed E-state index contributed by atoms with van der Waals surface area (Å²) in [6.07, 6.45) is 3.30. The highest BCUT2D eigenvalue weighted by Gasteiger charge is 2.19. The maximum Gasteiger partial charge on any atom is 0.244 e. The van der Waals surface area contributed by atoms with Gasteiger partial charge in [0.05, 0.1) is 12.2 Å². The zero-order chi connectivity index (χ0) is 14.5. The van der Waals surface area contributed by atoms with Gasteiger partial charge in [-0.25, -0.2) is 4.39 Å². The molecule has 20 heavy (non-hydrogen) atoms. The molecule has 1 fully saturated rings. The van der Waals surface area contributed by atoms with Gasteiger partial charge in [0.25, 0.3) is 0 Å². The summed E-state index contributed by atoms with van der Waals surface area (Å²) in [5.41, 5.74) is 1.03. The minimum Gasteiger partial charge on any atom is -0.333 e. The van der Waals surface area contributed by atoms with E-state index in [2.05, 4.69) is 5.32 Å². The quantitative estimate of drug-likeness (QED) is 0.923. The maximum absolute atomic E-state index is 13.6. The number of rotatable bonds is 3. The lowest BCUT2D eigenvalue weighted by Gasteiger charge is -2.20. The zero-order valence-corrected chi connectivity index (χ0v) is 11.6. The number of hydrogen-bond acceptors (Lipinski definition) is 2. The summed E-state index contributed by atoms with van der Waals surface area (Å²) in [6, 6.07) is 4.54. The first kappa shape index (κ1) is 14.5. The Hall–Kier alpha value is -1.91. The van der Waals surface area contributed by atoms with Crippen LogP contribution in [0.15, 0.2) is 18.2 Å². The molecule has 0 unspecified atom stereocenters. The molecule has 4 nitrogen and oxygen atoms in total. The summed E-state index contributed by atoms with van der Waals surface area (Å²) in [4.78, 5) is 25.3. The van der Waals surface area contributed by atoms with Gasteiger partial charge >= 0.3 is 0 Å². The predicted molar refractivity (Wildman–Crippen MR) is 74.8 cm³/mol. The summed E-state index contributed by atoms with van der Waals surface area (Å²) in [5.74, 6) is -0.821. The zero-order valence-electron chi connectivity index (χ0n) is 11.6. The third-order valence-electron chi connectivity index (χ3n) is 3.40. The van der Waals surface area contributed by atoms with Gasteiger partial charge in [0.2, 0.25) is 11.8 Å². The van der Waals surface area contributed by atoms with Gasteiger partial charge in [0.1, 0.15) is 5.82 Å². The lowest BCUT2D eigenvalue weighted by atomic mass is 10.2. The SMILES string of the molecule is Cc1ccc(F)c(NC(=O)CN2CCCCCC2=O)c1. The molecule has 1 aliphatic rings. The van der Waals surface area contributed by atoms with Crippen molar-refractivity contribution in [1.29, 1.82) is 0 Å². The van der Waals surface area contributed by atoms with Crippen LogP contribution in [-0.2, 0) is 9.59 Å². The van der Waals surface area contributed by atoms with E-state index in [1.807, 2.05) is 6.92 Å². The molecule has 1 saturated heterocycles. The van der Waals surface area contributed by atoms with Crippen molar-refractivity contribution in [3.63, 3.8) is 0 Å². The van der Waals surface area contributed by atoms with Gasteiger partial charge < -0.3 is 10.2 Å². The van der Waals surface area contributed by atoms with Crippen molar-refractivity contribution in [3.05, 3.63) is 29.6 Å². The molecule has 0 radical (unpaired) electrons. The van der Waals surface area contributed by atoms with E-state index < -0.39 is 5.82 Å². The van der Waals surface area contributed by atoms with E-state index in [-0.39, 0.29) is 24.0 Å². The van der Waals surface area contributed by atoms with Gasteiger partial charge in [0.15, 0.2) is 0 Å². The van der Waals surface area contributed by atoms with Crippen molar-refractivity contribution in [2.45, 2.75) is 32.6 Å². The van der Waals surface area contributed by atoms with E-state index >= 15 is 0 Å². The summed E-state index contributed by atoms with van der Waals surface area (Å²) < 4.78 is 13.6. The highest BCUT2D eigenvalue weighted by Crippen LogP contribution is 2.16. The van der Waals surface area contributed by atoms with Crippen LogP contribution < -0.4 is 5.32 Å². The fourth-order valence-electron chi connectivity index (χ4n) is 2.30. The Morgan fingerprint density at radius 1 is 1.35 bits per heavy atom. The molecule has 0 aliphatic carbocycles. The topological polar surface area (TPSA) is 49.4 Å². The number of halogens is 1. The Bertz CT molecular complexity index is 517. The number of anilines is 1. The molecule has 2 rings (SSSR count). The largest absolute Gasteiger partial charge is 0.333 e. The summed E-state index contributed by atoms with van der Waals surface area (Å²) >= 11 is 0. The molecule has 0 saturated carbocycles. The summed E-state index contributed by atoms with van der Waals surface area (Å²) in [6.45, 7) is 2.42. The van der Waals surface area contributed by atoms with Crippen LogP contribution >= 0.6 is 0 Å². The average Bonchev–Trinajstić information content (AvgIpc) is 2.59. The number of carbonyl (C=O) groups is 2. The molecule has 1 heterocycles. The normalized spacial score (nSPS) is 15.9. The fraction of sp³-hybridized carbons (Fsp3) is 0.467. The molecule has 1 aromatic carbocycles. The Morgan fingerprint density at radius 2 is 2.15 bits per heavy atom. The van der Waals surface area contributed by atoms with Gasteiger partial charge in [-0.1, -0.05) is 12.5 Å². The number of likely N-dealkylation sites (tertiary alicyclic amines) is 1. The fourth-order valence-corrected chi connectivity index (χ4v) is 2.30. The number of amides is 2. The molecule has 108 valence electrons. The highest BCUT2D eigenvalue weighted by molar-refractivity contribution is 5.94. The second kappa shape index (κ2) is 6.50. The van der Waals surface area contributed by atoms with Gasteiger partial charge in [-0.05, 0) is 37.5 Å². The van der Waals surface area contributed by atoms with Gasteiger partial charge in [-0.3, -0.25) is 9.59 Å². The summed E-state index contributed by atoms with van der Waals surface area (Å²) in [7, 11) is 0. The Balaban J connectivity index is 1.97. The van der Waals surface area contributed by atoms with Crippen molar-refractivity contribution < 1.29 is 14.0 Å². The van der Waals surface area contributed by atoms with Gasteiger partial charge in [0, 0.05) is 13.0 Å². The van der Waals surface area contributed by atoms with Crippen molar-refractivity contribution in [1.82, 2.24) is 4.90 Å². The van der Waals surface area contributed by atoms with Crippen LogP contribution in [0.5, 0.6) is 0 Å². The molecule has 0 aromatic heterocycles. The first-order valence-corrected chi connectivity index (χ1v) is 6.90. The molecule has 1 aromatic rings. The number of nitrogens with one attached hydrogen (secondary N) is 1. The Kier molecular flexibility index (Phi) is 4.71. The smallest absolute Gasteiger partial charge is 0.244 e. The van der Waals surface area contributed by atoms with E-state index in [4.69, 9.17) is 0 Å². The number of nitrogens with zero attached hydrogens (tertiary/aromatic N) is 1. The second-order valence-corrected chi connectivity index (χ2v) is 5.16. The molecular formula is C15H19FN2O2. The molecule has 5 heteroatoms. The minimum atomic E-state index is -0.467. The van der Waals surface area contributed by atoms with E-state index in [0.29, 0.717) is 13.0 Å². The second-order valence-electron chi connectivity index (χ2n) is 5.16. The standard InChI is InChI=1S/C15H19FN2O2/c1-11-6-7-12(16)13(9-11)17-14(19)10-18-8-4-2-3-5-15(18)20/h6-7,9H,2-5,8,10H2,1H3,(H,17,19). The summed E-state index contributed by atoms with van der Waals surface area (Å²) in [5, 5.41) is 2.53. The van der Waals surface area contributed by atoms with Crippen molar-refractivity contribution >= 4 is 17.5 Å². The lowest BCUT2D eigenvalue weighted by molar-refractivity contribution is -0.134. The first-order valence-electron chi connectivity index (χ1n) is 6.90. The van der Waals surface area contributed by atoms with E-state index in [0.717, 1.165) is 24.8 Å². The van der Waals surface area contributed by atoms with E-state index in [1.165, 1.54) is 6.07 Å². The third-order valence-corrected chi connectivity index (χ3v) is 3.40. The molecular weight excluding hydrogens is 259 g/mol. The first-order chi connectivity index (χ1) is 9.56. The number of aryl methyl sites for hydroxylation is 1. The molecule has 1 N–H and O–H groups in total. The van der Waals surface area contributed by atoms with Crippen molar-refractivity contribution in [2.24, 2.45) is 0 Å². The van der Waals surface area contributed by atoms with Crippen molar-refractivity contribution in [2.75, 3.05) is 18.4 Å². The number of hydrogen-bond donors (Lipinski definition) is 1. The maximum atomic E-state index is 13.6. The van der Waals surface area contributed by atoms with Crippen LogP contribution in [0.2, 0.25) is 0 Å². The van der Waals surface area contributed by atoms with Gasteiger partial charge in [-0.15, -0.1) is 0 Å². The van der Waals surface area contributed by atoms with Crippen LogP contribution in [0, 0.1) is 12.7 Å². The molecule has 0 bridgehead atoms. The Morgan fingerprint density at radius 3 is 2.95 bits per heavy atom. The third kappa shape index (κ3) is 3.79. The lowest BCUT2D eigenvalue weighted by Crippen LogP contribution is -2.37. The van der Waals surface area contributed by atoms with E-state index in [9.17, 15) is 14.0 Å². The Labute approximate surface area is 118 Å². The van der Waals surface area contributed by atoms with Crippen LogP contribution in [0.1, 0.15) is 31.2 Å². The van der Waals surface area contributed by atoms with Crippen molar-refractivity contribution in [3.8, 4) is 0 Å². The van der Waals surface area contributed by atoms with E-state index in [1.54, 1.807) is 17.0 Å². The van der Waals surface area contributed by atoms with Crippen LogP contribution in [0.25, 0.3) is 0 Å². The number of carbonyl (C=O) groups excluding carboxylic acids is 2.